The summed E-state index contributed by atoms with van der Waals surface area (Å²) in [7, 11) is 0. The van der Waals surface area contributed by atoms with Gasteiger partial charge < -0.3 is 23.8 Å². The van der Waals surface area contributed by atoms with Crippen molar-refractivity contribution >= 4 is 11.7 Å². The summed E-state index contributed by atoms with van der Waals surface area (Å²) in [5, 5.41) is 3.93. The van der Waals surface area contributed by atoms with E-state index in [2.05, 4.69) is 5.16 Å². The number of carbonyl (C=O) groups is 1. The van der Waals surface area contributed by atoms with E-state index in [0.717, 1.165) is 16.9 Å². The molecule has 0 aromatic heterocycles. The Labute approximate surface area is 157 Å². The summed E-state index contributed by atoms with van der Waals surface area (Å²) in [5.41, 5.74) is 2.59. The van der Waals surface area contributed by atoms with E-state index in [1.54, 1.807) is 13.0 Å². The molecule has 1 aliphatic rings. The number of carbonyl (C=O) groups excluding carboxylic acids is 1. The molecule has 2 aromatic carbocycles. The minimum Gasteiger partial charge on any atom is -0.490 e. The third-order valence-electron chi connectivity index (χ3n) is 3.81. The monoisotopic (exact) mass is 371 g/mol. The topological polar surface area (TPSA) is 75.6 Å². The highest BCUT2D eigenvalue weighted by atomic mass is 16.7. The van der Waals surface area contributed by atoms with Crippen molar-refractivity contribution in [3.05, 3.63) is 53.6 Å². The van der Waals surface area contributed by atoms with Gasteiger partial charge in [0.05, 0.1) is 5.71 Å². The van der Waals surface area contributed by atoms with Gasteiger partial charge in [0.1, 0.15) is 19.0 Å². The van der Waals surface area contributed by atoms with Crippen molar-refractivity contribution in [3.8, 4) is 17.2 Å². The fraction of sp³-hybridized carbons (Fsp3) is 0.300. The van der Waals surface area contributed by atoms with E-state index < -0.39 is 5.97 Å². The predicted octanol–water partition coefficient (Wildman–Crippen LogP) is 3.09. The van der Waals surface area contributed by atoms with Crippen LogP contribution in [0.15, 0.2) is 47.6 Å². The lowest BCUT2D eigenvalue weighted by Gasteiger charge is -2.07. The van der Waals surface area contributed by atoms with Crippen LogP contribution < -0.4 is 14.2 Å². The van der Waals surface area contributed by atoms with Crippen LogP contribution in [-0.4, -0.2) is 38.3 Å². The number of esters is 1. The third kappa shape index (κ3) is 5.37. The van der Waals surface area contributed by atoms with Gasteiger partial charge in [0.15, 0.2) is 11.5 Å². The predicted molar refractivity (Wildman–Crippen MR) is 98.4 cm³/mol. The van der Waals surface area contributed by atoms with Gasteiger partial charge in [0, 0.05) is 5.56 Å². The average molecular weight is 371 g/mol. The van der Waals surface area contributed by atoms with Crippen LogP contribution in [0.5, 0.6) is 17.2 Å². The van der Waals surface area contributed by atoms with Crippen LogP contribution in [0.1, 0.15) is 18.1 Å². The van der Waals surface area contributed by atoms with Crippen LogP contribution in [0, 0.1) is 6.92 Å². The summed E-state index contributed by atoms with van der Waals surface area (Å²) in [6.07, 6.45) is 0. The Balaban J connectivity index is 1.36. The zero-order chi connectivity index (χ0) is 19.1. The molecule has 3 rings (SSSR count). The number of benzene rings is 2. The second-order valence-electron chi connectivity index (χ2n) is 5.90. The summed E-state index contributed by atoms with van der Waals surface area (Å²) in [6.45, 7) is 4.13. The molecule has 7 nitrogen and oxygen atoms in total. The number of aryl methyl sites for hydroxylation is 1. The van der Waals surface area contributed by atoms with Crippen molar-refractivity contribution in [2.75, 3.05) is 26.6 Å². The van der Waals surface area contributed by atoms with Crippen molar-refractivity contribution in [1.82, 2.24) is 0 Å². The van der Waals surface area contributed by atoms with Gasteiger partial charge >= 0.3 is 5.97 Å². The number of nitrogens with zero attached hydrogens (tertiary/aromatic N) is 1. The maximum atomic E-state index is 11.7. The molecule has 0 amide bonds. The Morgan fingerprint density at radius 2 is 1.85 bits per heavy atom. The molecule has 1 aliphatic heterocycles. The number of ether oxygens (including phenoxy) is 4. The molecule has 0 bridgehead atoms. The maximum Gasteiger partial charge on any atom is 0.347 e. The van der Waals surface area contributed by atoms with E-state index in [0.29, 0.717) is 17.2 Å². The van der Waals surface area contributed by atoms with E-state index in [-0.39, 0.29) is 26.6 Å². The van der Waals surface area contributed by atoms with Crippen molar-refractivity contribution in [1.29, 1.82) is 0 Å². The third-order valence-corrected chi connectivity index (χ3v) is 3.81. The molecule has 0 aliphatic carbocycles. The lowest BCUT2D eigenvalue weighted by molar-refractivity contribution is -0.149. The normalized spacial score (nSPS) is 12.6. The van der Waals surface area contributed by atoms with Crippen LogP contribution in [0.2, 0.25) is 0 Å². The maximum absolute atomic E-state index is 11.7. The first-order valence-corrected chi connectivity index (χ1v) is 8.53. The molecule has 142 valence electrons. The molecule has 0 atom stereocenters. The summed E-state index contributed by atoms with van der Waals surface area (Å²) >= 11 is 0. The van der Waals surface area contributed by atoms with Gasteiger partial charge in [0.25, 0.3) is 0 Å². The summed E-state index contributed by atoms with van der Waals surface area (Å²) in [5.74, 6) is 1.58. The second kappa shape index (κ2) is 8.93. The summed E-state index contributed by atoms with van der Waals surface area (Å²) in [4.78, 5) is 16.7. The van der Waals surface area contributed by atoms with Gasteiger partial charge in [0.2, 0.25) is 13.4 Å². The quantitative estimate of drug-likeness (QED) is 0.307. The number of hydrogen-bond acceptors (Lipinski definition) is 7. The largest absolute Gasteiger partial charge is 0.490 e. The highest BCUT2D eigenvalue weighted by molar-refractivity contribution is 5.99. The molecular formula is C20H21NO6. The van der Waals surface area contributed by atoms with Crippen LogP contribution >= 0.6 is 0 Å². The lowest BCUT2D eigenvalue weighted by atomic mass is 10.1. The Hall–Kier alpha value is -3.22. The molecule has 27 heavy (non-hydrogen) atoms. The molecule has 0 unspecified atom stereocenters. The zero-order valence-corrected chi connectivity index (χ0v) is 15.3. The first-order chi connectivity index (χ1) is 13.1. The summed E-state index contributed by atoms with van der Waals surface area (Å²) in [6, 6.07) is 13.1. The van der Waals surface area contributed by atoms with E-state index in [1.165, 1.54) is 0 Å². The van der Waals surface area contributed by atoms with Crippen LogP contribution in [0.3, 0.4) is 0 Å². The SMILES string of the molecule is C/C(=N\OCC(=O)OCCOc1ccc(C)cc1)c1ccc2c(c1)OCO2. The molecule has 0 radical (unpaired) electrons. The summed E-state index contributed by atoms with van der Waals surface area (Å²) < 4.78 is 21.1. The Morgan fingerprint density at radius 1 is 1.07 bits per heavy atom. The van der Waals surface area contributed by atoms with Crippen molar-refractivity contribution in [2.24, 2.45) is 5.16 Å². The minimum atomic E-state index is -0.509. The molecular weight excluding hydrogens is 350 g/mol. The van der Waals surface area contributed by atoms with E-state index >= 15 is 0 Å². The second-order valence-corrected chi connectivity index (χ2v) is 5.90. The Bertz CT molecular complexity index is 816. The molecule has 7 heteroatoms. The number of rotatable bonds is 8. The number of fused-ring (bicyclic) bond motifs is 1. The van der Waals surface area contributed by atoms with Gasteiger partial charge in [-0.25, -0.2) is 4.79 Å². The van der Waals surface area contributed by atoms with Crippen molar-refractivity contribution in [2.45, 2.75) is 13.8 Å². The average Bonchev–Trinajstić information content (AvgIpc) is 3.14. The first-order valence-electron chi connectivity index (χ1n) is 8.53. The zero-order valence-electron chi connectivity index (χ0n) is 15.3. The Kier molecular flexibility index (Phi) is 6.14. The smallest absolute Gasteiger partial charge is 0.347 e. The molecule has 1 heterocycles. The van der Waals surface area contributed by atoms with Gasteiger partial charge in [-0.3, -0.25) is 0 Å². The van der Waals surface area contributed by atoms with Crippen molar-refractivity contribution in [3.63, 3.8) is 0 Å². The van der Waals surface area contributed by atoms with Gasteiger partial charge in [-0.15, -0.1) is 0 Å². The fourth-order valence-corrected chi connectivity index (χ4v) is 2.35. The molecule has 2 aromatic rings. The lowest BCUT2D eigenvalue weighted by Crippen LogP contribution is -2.16. The minimum absolute atomic E-state index is 0.140. The van der Waals surface area contributed by atoms with Crippen LogP contribution in [0.4, 0.5) is 0 Å². The molecule has 0 saturated heterocycles. The molecule has 0 N–H and O–H groups in total. The van der Waals surface area contributed by atoms with Crippen LogP contribution in [0.25, 0.3) is 0 Å². The molecule has 0 fully saturated rings. The van der Waals surface area contributed by atoms with Gasteiger partial charge in [-0.1, -0.05) is 22.9 Å². The number of hydrogen-bond donors (Lipinski definition) is 0. The van der Waals surface area contributed by atoms with Crippen LogP contribution in [-0.2, 0) is 14.4 Å². The fourth-order valence-electron chi connectivity index (χ4n) is 2.35. The highest BCUT2D eigenvalue weighted by Gasteiger charge is 2.14. The Morgan fingerprint density at radius 3 is 2.67 bits per heavy atom. The molecule has 0 spiro atoms. The first kappa shape index (κ1) is 18.6. The van der Waals surface area contributed by atoms with Gasteiger partial charge in [-0.05, 0) is 44.2 Å². The van der Waals surface area contributed by atoms with E-state index in [1.807, 2.05) is 43.3 Å². The van der Waals surface area contributed by atoms with Gasteiger partial charge in [-0.2, -0.15) is 0 Å². The molecule has 0 saturated carbocycles. The standard InChI is InChI=1S/C20H21NO6/c1-14-3-6-17(7-4-14)23-9-10-24-20(22)12-27-21-15(2)16-5-8-18-19(11-16)26-13-25-18/h3-8,11H,9-10,12-13H2,1-2H3/b21-15+. The van der Waals surface area contributed by atoms with Crippen molar-refractivity contribution < 1.29 is 28.6 Å². The number of oxime groups is 1. The van der Waals surface area contributed by atoms with E-state index in [9.17, 15) is 4.79 Å². The highest BCUT2D eigenvalue weighted by Crippen LogP contribution is 2.32. The van der Waals surface area contributed by atoms with E-state index in [4.69, 9.17) is 23.8 Å².